The number of hydrogen-bond donors (Lipinski definition) is 3. The Morgan fingerprint density at radius 3 is 2.58 bits per heavy atom. The van der Waals surface area contributed by atoms with Gasteiger partial charge < -0.3 is 15.3 Å². The highest BCUT2D eigenvalue weighted by Crippen LogP contribution is 2.57. The summed E-state index contributed by atoms with van der Waals surface area (Å²) in [6, 6.07) is 4.41. The molecule has 0 spiro atoms. The number of thiocarbonyl (C=S) groups is 1. The van der Waals surface area contributed by atoms with Gasteiger partial charge in [-0.05, 0) is 41.6 Å². The van der Waals surface area contributed by atoms with E-state index in [1.165, 1.54) is 25.9 Å². The average molecular weight is 406 g/mol. The second-order valence-electron chi connectivity index (χ2n) is 6.96. The van der Waals surface area contributed by atoms with Gasteiger partial charge in [0.15, 0.2) is 5.11 Å². The lowest BCUT2D eigenvalue weighted by atomic mass is 9.84. The molecule has 1 fully saturated rings. The number of aliphatic hydroxyl groups is 1. The van der Waals surface area contributed by atoms with Crippen LogP contribution < -0.4 is 15.5 Å². The maximum atomic E-state index is 11.9. The zero-order chi connectivity index (χ0) is 18.6. The van der Waals surface area contributed by atoms with E-state index >= 15 is 0 Å². The molecule has 0 atom stereocenters. The van der Waals surface area contributed by atoms with Crippen LogP contribution >= 0.6 is 34.9 Å². The summed E-state index contributed by atoms with van der Waals surface area (Å²) in [5.41, 5.74) is 3.05. The Hall–Kier alpha value is -1.74. The summed E-state index contributed by atoms with van der Waals surface area (Å²) in [5, 5.41) is 16.2. The molecule has 4 rings (SSSR count). The zero-order valence-corrected chi connectivity index (χ0v) is 17.1. The van der Waals surface area contributed by atoms with E-state index in [1.807, 2.05) is 13.1 Å². The molecular weight excluding hydrogens is 386 g/mol. The molecule has 136 valence electrons. The molecule has 0 radical (unpaired) electrons. The Bertz CT molecular complexity index is 955. The van der Waals surface area contributed by atoms with Crippen LogP contribution in [0.15, 0.2) is 17.8 Å². The van der Waals surface area contributed by atoms with Gasteiger partial charge in [-0.25, -0.2) is 0 Å². The molecule has 0 saturated carbocycles. The van der Waals surface area contributed by atoms with E-state index in [1.54, 1.807) is 22.7 Å². The van der Waals surface area contributed by atoms with Crippen LogP contribution in [0, 0.1) is 0 Å². The number of nitrogens with one attached hydrogen (secondary N) is 2. The zero-order valence-electron chi connectivity index (χ0n) is 14.7. The van der Waals surface area contributed by atoms with Crippen LogP contribution in [0.4, 0.5) is 5.00 Å². The molecule has 1 aliphatic heterocycles. The fraction of sp³-hybridized carbons (Fsp3) is 0.333. The molecule has 0 bridgehead atoms. The third-order valence-corrected chi connectivity index (χ3v) is 7.54. The van der Waals surface area contributed by atoms with Crippen molar-refractivity contribution < 1.29 is 9.90 Å². The Kier molecular flexibility index (Phi) is 4.18. The van der Waals surface area contributed by atoms with Gasteiger partial charge in [0, 0.05) is 28.8 Å². The standard InChI is InChI=1S/C18H19N3O2S3/c1-18(2)10-6-9(7-12-16(23)20-17(24)19-12)25-14(10)15-11(18)8-13(26-15)21(3)4-5-22/h6-8,22H,4-5H2,1-3H3,(H2,19,20,23,24)/b12-7-. The number of fused-ring (bicyclic) bond motifs is 3. The van der Waals surface area contributed by atoms with Crippen molar-refractivity contribution in [2.75, 3.05) is 25.1 Å². The number of anilines is 1. The van der Waals surface area contributed by atoms with Crippen LogP contribution in [0.5, 0.6) is 0 Å². The normalized spacial score (nSPS) is 18.7. The van der Waals surface area contributed by atoms with Crippen LogP contribution in [-0.2, 0) is 10.2 Å². The number of likely N-dealkylation sites (N-methyl/N-ethyl adjacent to an activating group) is 1. The van der Waals surface area contributed by atoms with E-state index in [9.17, 15) is 9.90 Å². The van der Waals surface area contributed by atoms with Gasteiger partial charge in [-0.3, -0.25) is 10.1 Å². The molecule has 1 aliphatic carbocycles. The highest BCUT2D eigenvalue weighted by atomic mass is 32.1. The Morgan fingerprint density at radius 1 is 1.23 bits per heavy atom. The van der Waals surface area contributed by atoms with E-state index in [0.29, 0.717) is 17.4 Å². The smallest absolute Gasteiger partial charge is 0.273 e. The molecule has 26 heavy (non-hydrogen) atoms. The van der Waals surface area contributed by atoms with Gasteiger partial charge in [0.1, 0.15) is 5.70 Å². The van der Waals surface area contributed by atoms with Crippen LogP contribution in [0.3, 0.4) is 0 Å². The number of aliphatic hydroxyl groups excluding tert-OH is 1. The molecule has 8 heteroatoms. The average Bonchev–Trinajstić information content (AvgIpc) is 3.27. The van der Waals surface area contributed by atoms with Gasteiger partial charge in [0.05, 0.1) is 16.5 Å². The maximum absolute atomic E-state index is 11.9. The van der Waals surface area contributed by atoms with Gasteiger partial charge >= 0.3 is 0 Å². The highest BCUT2D eigenvalue weighted by molar-refractivity contribution is 7.80. The third-order valence-electron chi connectivity index (χ3n) is 4.84. The van der Waals surface area contributed by atoms with Crippen molar-refractivity contribution in [3.05, 3.63) is 33.8 Å². The Labute approximate surface area is 165 Å². The predicted octanol–water partition coefficient (Wildman–Crippen LogP) is 2.89. The van der Waals surface area contributed by atoms with Gasteiger partial charge in [-0.15, -0.1) is 22.7 Å². The molecule has 1 amide bonds. The summed E-state index contributed by atoms with van der Waals surface area (Å²) < 4.78 is 0. The number of hydrogen-bond acceptors (Lipinski definition) is 6. The number of rotatable bonds is 4. The molecule has 2 aromatic rings. The van der Waals surface area contributed by atoms with Gasteiger partial charge in [0.25, 0.3) is 5.91 Å². The molecule has 2 aromatic heterocycles. The van der Waals surface area contributed by atoms with E-state index in [-0.39, 0.29) is 17.9 Å². The van der Waals surface area contributed by atoms with Gasteiger partial charge in [0.2, 0.25) is 0 Å². The lowest BCUT2D eigenvalue weighted by molar-refractivity contribution is -0.115. The van der Waals surface area contributed by atoms with Crippen LogP contribution in [-0.4, -0.2) is 36.3 Å². The van der Waals surface area contributed by atoms with Crippen LogP contribution in [0.25, 0.3) is 15.8 Å². The minimum absolute atomic E-state index is 0.0760. The van der Waals surface area contributed by atoms with E-state index in [0.717, 1.165) is 4.88 Å². The van der Waals surface area contributed by atoms with Crippen LogP contribution in [0.1, 0.15) is 29.9 Å². The van der Waals surface area contributed by atoms with Crippen molar-refractivity contribution in [2.24, 2.45) is 0 Å². The molecule has 3 heterocycles. The third kappa shape index (κ3) is 2.68. The van der Waals surface area contributed by atoms with Gasteiger partial charge in [-0.2, -0.15) is 0 Å². The summed E-state index contributed by atoms with van der Waals surface area (Å²) in [4.78, 5) is 17.6. The number of amides is 1. The minimum Gasteiger partial charge on any atom is -0.395 e. The monoisotopic (exact) mass is 405 g/mol. The fourth-order valence-electron chi connectivity index (χ4n) is 3.34. The summed E-state index contributed by atoms with van der Waals surface area (Å²) in [5.74, 6) is -0.187. The number of nitrogens with zero attached hydrogens (tertiary/aromatic N) is 1. The number of carbonyl (C=O) groups excluding carboxylic acids is 1. The minimum atomic E-state index is -0.187. The second kappa shape index (κ2) is 6.16. The second-order valence-corrected chi connectivity index (χ2v) is 9.48. The van der Waals surface area contributed by atoms with Crippen molar-refractivity contribution in [3.8, 4) is 9.75 Å². The van der Waals surface area contributed by atoms with Crippen molar-refractivity contribution >= 4 is 57.0 Å². The summed E-state index contributed by atoms with van der Waals surface area (Å²) >= 11 is 8.45. The molecule has 0 aromatic carbocycles. The van der Waals surface area contributed by atoms with Crippen molar-refractivity contribution in [3.63, 3.8) is 0 Å². The molecule has 2 aliphatic rings. The van der Waals surface area contributed by atoms with E-state index in [4.69, 9.17) is 12.2 Å². The van der Waals surface area contributed by atoms with Crippen molar-refractivity contribution in [1.29, 1.82) is 0 Å². The summed E-state index contributed by atoms with van der Waals surface area (Å²) in [6.45, 7) is 5.23. The predicted molar refractivity (Wildman–Crippen MR) is 112 cm³/mol. The quantitative estimate of drug-likeness (QED) is 0.539. The molecule has 3 N–H and O–H groups in total. The van der Waals surface area contributed by atoms with Crippen molar-refractivity contribution in [2.45, 2.75) is 19.3 Å². The molecule has 5 nitrogen and oxygen atoms in total. The lowest BCUT2D eigenvalue weighted by Crippen LogP contribution is -2.21. The Morgan fingerprint density at radius 2 is 1.92 bits per heavy atom. The first-order chi connectivity index (χ1) is 12.3. The van der Waals surface area contributed by atoms with Crippen LogP contribution in [0.2, 0.25) is 0 Å². The summed E-state index contributed by atoms with van der Waals surface area (Å²) in [6.07, 6.45) is 1.86. The fourth-order valence-corrected chi connectivity index (χ4v) is 6.27. The van der Waals surface area contributed by atoms with E-state index in [2.05, 4.69) is 41.5 Å². The topological polar surface area (TPSA) is 64.6 Å². The van der Waals surface area contributed by atoms with Gasteiger partial charge in [-0.1, -0.05) is 13.8 Å². The highest BCUT2D eigenvalue weighted by Gasteiger charge is 2.39. The maximum Gasteiger partial charge on any atom is 0.273 e. The number of thiophene rings is 2. The molecule has 0 unspecified atom stereocenters. The Balaban J connectivity index is 1.74. The first-order valence-corrected chi connectivity index (χ1v) is 10.3. The molecular formula is C18H19N3O2S3. The van der Waals surface area contributed by atoms with E-state index < -0.39 is 0 Å². The SMILES string of the molecule is CN(CCO)c1cc2c(s1)-c1sc(/C=C3\NC(=S)NC3=O)cc1C2(C)C. The lowest BCUT2D eigenvalue weighted by Gasteiger charge is -2.20. The first-order valence-electron chi connectivity index (χ1n) is 8.26. The first kappa shape index (κ1) is 17.7. The largest absolute Gasteiger partial charge is 0.395 e. The number of carbonyl (C=O) groups is 1. The van der Waals surface area contributed by atoms with Crippen molar-refractivity contribution in [1.82, 2.24) is 10.6 Å². The molecule has 1 saturated heterocycles. The summed E-state index contributed by atoms with van der Waals surface area (Å²) in [7, 11) is 2.00.